The van der Waals surface area contributed by atoms with Gasteiger partial charge < -0.3 is 10.8 Å². The third-order valence-corrected chi connectivity index (χ3v) is 5.63. The number of aromatic nitrogens is 4. The Bertz CT molecular complexity index is 1340. The largest absolute Gasteiger partial charge is 0.505 e. The molecule has 1 aliphatic rings. The first-order valence-electron chi connectivity index (χ1n) is 9.55. The minimum absolute atomic E-state index is 0.0648. The zero-order valence-corrected chi connectivity index (χ0v) is 15.9. The van der Waals surface area contributed by atoms with Gasteiger partial charge in [0.25, 0.3) is 0 Å². The summed E-state index contributed by atoms with van der Waals surface area (Å²) in [6.45, 7) is 0. The number of aromatic hydroxyl groups is 1. The smallest absolute Gasteiger partial charge is 0.182 e. The van der Waals surface area contributed by atoms with Gasteiger partial charge in [-0.05, 0) is 42.5 Å². The second kappa shape index (κ2) is 6.81. The van der Waals surface area contributed by atoms with Crippen molar-refractivity contribution in [2.75, 3.05) is 5.73 Å². The summed E-state index contributed by atoms with van der Waals surface area (Å²) >= 11 is 0. The lowest BCUT2D eigenvalue weighted by molar-refractivity contribution is 0.415. The fraction of sp³-hybridized carbons (Fsp3) is 0.182. The molecule has 30 heavy (non-hydrogen) atoms. The van der Waals surface area contributed by atoms with Gasteiger partial charge in [0.05, 0.1) is 17.0 Å². The topological polar surface area (TPSA) is 114 Å². The van der Waals surface area contributed by atoms with E-state index in [1.807, 2.05) is 16.8 Å². The van der Waals surface area contributed by atoms with Crippen LogP contribution in [-0.2, 0) is 12.8 Å². The predicted octanol–water partition coefficient (Wildman–Crippen LogP) is 3.52. The lowest BCUT2D eigenvalue weighted by atomic mass is 9.88. The molecular weight excluding hydrogens is 383 g/mol. The van der Waals surface area contributed by atoms with E-state index >= 15 is 0 Å². The molecule has 3 N–H and O–H groups in total. The van der Waals surface area contributed by atoms with E-state index in [0.29, 0.717) is 22.3 Å². The number of rotatable bonds is 2. The number of halogens is 1. The van der Waals surface area contributed by atoms with Crippen LogP contribution in [0.15, 0.2) is 42.7 Å². The molecule has 0 radical (unpaired) electrons. The van der Waals surface area contributed by atoms with E-state index < -0.39 is 11.6 Å². The van der Waals surface area contributed by atoms with Gasteiger partial charge in [-0.25, -0.2) is 19.0 Å². The van der Waals surface area contributed by atoms with Crippen LogP contribution in [0, 0.1) is 17.1 Å². The Labute approximate surface area is 171 Å². The highest BCUT2D eigenvalue weighted by molar-refractivity contribution is 5.98. The molecule has 5 rings (SSSR count). The Hall–Kier alpha value is -3.99. The average molecular weight is 400 g/mol. The van der Waals surface area contributed by atoms with Gasteiger partial charge >= 0.3 is 0 Å². The van der Waals surface area contributed by atoms with Crippen LogP contribution >= 0.6 is 0 Å². The summed E-state index contributed by atoms with van der Waals surface area (Å²) in [6, 6.07) is 12.7. The van der Waals surface area contributed by atoms with Crippen LogP contribution in [0.3, 0.4) is 0 Å². The van der Waals surface area contributed by atoms with Gasteiger partial charge in [-0.15, -0.1) is 0 Å². The van der Waals surface area contributed by atoms with Crippen molar-refractivity contribution in [2.24, 2.45) is 0 Å². The summed E-state index contributed by atoms with van der Waals surface area (Å²) in [4.78, 5) is 8.49. The van der Waals surface area contributed by atoms with Gasteiger partial charge in [-0.1, -0.05) is 24.3 Å². The Balaban J connectivity index is 1.69. The Morgan fingerprint density at radius 2 is 2.00 bits per heavy atom. The number of hydrogen-bond acceptors (Lipinski definition) is 6. The normalized spacial score (nSPS) is 15.7. The molecule has 0 spiro atoms. The fourth-order valence-corrected chi connectivity index (χ4v) is 4.17. The average Bonchev–Trinajstić information content (AvgIpc) is 3.16. The molecular formula is C22H17FN6O. The first-order valence-corrected chi connectivity index (χ1v) is 9.55. The van der Waals surface area contributed by atoms with Crippen LogP contribution in [0.5, 0.6) is 5.75 Å². The van der Waals surface area contributed by atoms with Crippen molar-refractivity contribution in [1.82, 2.24) is 19.7 Å². The maximum atomic E-state index is 14.0. The van der Waals surface area contributed by atoms with Crippen molar-refractivity contribution in [3.63, 3.8) is 0 Å². The van der Waals surface area contributed by atoms with E-state index in [9.17, 15) is 14.8 Å². The number of anilines is 1. The zero-order valence-electron chi connectivity index (χ0n) is 15.9. The quantitative estimate of drug-likeness (QED) is 0.532. The van der Waals surface area contributed by atoms with Crippen molar-refractivity contribution in [3.8, 4) is 23.1 Å². The van der Waals surface area contributed by atoms with Crippen LogP contribution in [-0.4, -0.2) is 24.9 Å². The van der Waals surface area contributed by atoms with E-state index in [0.717, 1.165) is 19.3 Å². The number of fused-ring (bicyclic) bond motifs is 2. The molecule has 8 heteroatoms. The molecule has 7 nitrogen and oxygen atoms in total. The molecule has 0 saturated carbocycles. The third-order valence-electron chi connectivity index (χ3n) is 5.63. The van der Waals surface area contributed by atoms with Crippen molar-refractivity contribution < 1.29 is 9.50 Å². The summed E-state index contributed by atoms with van der Waals surface area (Å²) in [6.07, 6.45) is 4.00. The van der Waals surface area contributed by atoms with Gasteiger partial charge in [0.1, 0.15) is 23.9 Å². The Morgan fingerprint density at radius 3 is 2.80 bits per heavy atom. The molecule has 2 aromatic heterocycles. The van der Waals surface area contributed by atoms with Crippen LogP contribution in [0.4, 0.5) is 10.2 Å². The summed E-state index contributed by atoms with van der Waals surface area (Å²) in [5.74, 6) is -1.34. The van der Waals surface area contributed by atoms with E-state index in [4.69, 9.17) is 10.8 Å². The number of nitrogens with zero attached hydrogens (tertiary/aromatic N) is 5. The van der Waals surface area contributed by atoms with Crippen LogP contribution in [0.1, 0.15) is 29.2 Å². The molecule has 0 aliphatic heterocycles. The highest BCUT2D eigenvalue weighted by Crippen LogP contribution is 2.37. The second-order valence-electron chi connectivity index (χ2n) is 7.38. The lowest BCUT2D eigenvalue weighted by Gasteiger charge is -2.25. The fourth-order valence-electron chi connectivity index (χ4n) is 4.17. The van der Waals surface area contributed by atoms with Gasteiger partial charge in [0.15, 0.2) is 17.2 Å². The molecule has 0 amide bonds. The van der Waals surface area contributed by atoms with Gasteiger partial charge in [0.2, 0.25) is 0 Å². The predicted molar refractivity (Wildman–Crippen MR) is 109 cm³/mol. The van der Waals surface area contributed by atoms with Gasteiger partial charge in [0, 0.05) is 5.56 Å². The molecule has 2 heterocycles. The SMILES string of the molecule is N#Cc1cc(-c2nn(C3CCc4ccccc4C3)c3ncnc(N)c23)cc(O)c1F. The molecule has 0 saturated heterocycles. The molecule has 1 aliphatic carbocycles. The number of nitrogens with two attached hydrogens (primary N) is 1. The van der Waals surface area contributed by atoms with Crippen LogP contribution < -0.4 is 5.73 Å². The second-order valence-corrected chi connectivity index (χ2v) is 7.38. The molecule has 1 atom stereocenters. The van der Waals surface area contributed by atoms with Gasteiger partial charge in [-0.3, -0.25) is 0 Å². The van der Waals surface area contributed by atoms with Crippen molar-refractivity contribution in [3.05, 3.63) is 65.2 Å². The van der Waals surface area contributed by atoms with Crippen LogP contribution in [0.25, 0.3) is 22.3 Å². The van der Waals surface area contributed by atoms with Crippen molar-refractivity contribution in [2.45, 2.75) is 25.3 Å². The first-order chi connectivity index (χ1) is 14.6. The summed E-state index contributed by atoms with van der Waals surface area (Å²) in [5.41, 5.74) is 9.85. The number of phenols is 1. The highest BCUT2D eigenvalue weighted by atomic mass is 19.1. The third kappa shape index (κ3) is 2.75. The van der Waals surface area contributed by atoms with Crippen molar-refractivity contribution in [1.29, 1.82) is 5.26 Å². The molecule has 2 aromatic carbocycles. The summed E-state index contributed by atoms with van der Waals surface area (Å²) in [5, 5.41) is 24.4. The maximum Gasteiger partial charge on any atom is 0.182 e. The lowest BCUT2D eigenvalue weighted by Crippen LogP contribution is -2.20. The summed E-state index contributed by atoms with van der Waals surface area (Å²) in [7, 11) is 0. The van der Waals surface area contributed by atoms with Crippen molar-refractivity contribution >= 4 is 16.9 Å². The number of phenolic OH excluding ortho intramolecular Hbond substituents is 1. The highest BCUT2D eigenvalue weighted by Gasteiger charge is 2.26. The number of nitriles is 1. The molecule has 1 unspecified atom stereocenters. The number of aryl methyl sites for hydroxylation is 1. The minimum atomic E-state index is -0.960. The Morgan fingerprint density at radius 1 is 1.20 bits per heavy atom. The van der Waals surface area contributed by atoms with E-state index in [1.165, 1.54) is 29.6 Å². The molecule has 148 valence electrons. The number of benzene rings is 2. The standard InChI is InChI=1S/C22H17FN6O/c23-19-15(10-24)7-14(9-17(19)30)20-18-21(25)26-11-27-22(18)29(28-20)16-6-5-12-3-1-2-4-13(12)8-16/h1-4,7,9,11,16,30H,5-6,8H2,(H2,25,26,27). The number of hydrogen-bond donors (Lipinski definition) is 2. The molecule has 4 aromatic rings. The monoisotopic (exact) mass is 400 g/mol. The molecule has 0 bridgehead atoms. The van der Waals surface area contributed by atoms with Gasteiger partial charge in [-0.2, -0.15) is 10.4 Å². The van der Waals surface area contributed by atoms with E-state index in [-0.39, 0.29) is 17.4 Å². The van der Waals surface area contributed by atoms with E-state index in [2.05, 4.69) is 22.1 Å². The zero-order chi connectivity index (χ0) is 20.8. The van der Waals surface area contributed by atoms with Crippen LogP contribution in [0.2, 0.25) is 0 Å². The maximum absolute atomic E-state index is 14.0. The summed E-state index contributed by atoms with van der Waals surface area (Å²) < 4.78 is 15.8. The van der Waals surface area contributed by atoms with E-state index in [1.54, 1.807) is 6.07 Å². The Kier molecular flexibility index (Phi) is 4.10. The first kappa shape index (κ1) is 18.1. The number of nitrogen functional groups attached to an aromatic ring is 1. The minimum Gasteiger partial charge on any atom is -0.505 e. The molecule has 0 fully saturated rings.